The average molecular weight is 412 g/mol. The number of likely N-dealkylation sites (N-methyl/N-ethyl adjacent to an activating group) is 1. The highest BCUT2D eigenvalue weighted by Crippen LogP contribution is 2.26. The Hall–Kier alpha value is -1.83. The van der Waals surface area contributed by atoms with Crippen LogP contribution < -0.4 is 16.0 Å². The molecule has 158 valence electrons. The predicted molar refractivity (Wildman–Crippen MR) is 116 cm³/mol. The Morgan fingerprint density at radius 3 is 2.50 bits per heavy atom. The van der Waals surface area contributed by atoms with Crippen LogP contribution in [-0.4, -0.2) is 69.8 Å². The van der Waals surface area contributed by atoms with Crippen LogP contribution in [0, 0.1) is 0 Å². The smallest absolute Gasteiger partial charge is 0.241 e. The number of ether oxygens (including phenoxy) is 1. The summed E-state index contributed by atoms with van der Waals surface area (Å²) >= 11 is 6.45. The molecule has 1 aromatic rings. The number of nitrogens with one attached hydrogen (secondary N) is 3. The van der Waals surface area contributed by atoms with E-state index in [2.05, 4.69) is 45.8 Å². The molecule has 7 nitrogen and oxygen atoms in total. The van der Waals surface area contributed by atoms with Crippen molar-refractivity contribution >= 4 is 23.5 Å². The molecule has 1 aromatic carbocycles. The summed E-state index contributed by atoms with van der Waals surface area (Å²) in [6.07, 6.45) is 0. The van der Waals surface area contributed by atoms with Gasteiger partial charge in [0.2, 0.25) is 5.91 Å². The Balaban J connectivity index is 2.81. The molecule has 28 heavy (non-hydrogen) atoms. The van der Waals surface area contributed by atoms with Crippen molar-refractivity contribution in [1.29, 1.82) is 0 Å². The monoisotopic (exact) mass is 411 g/mol. The number of guanidine groups is 1. The van der Waals surface area contributed by atoms with Crippen molar-refractivity contribution in [3.05, 3.63) is 34.9 Å². The molecule has 0 fully saturated rings. The highest BCUT2D eigenvalue weighted by Gasteiger charge is 2.20. The lowest BCUT2D eigenvalue weighted by Crippen LogP contribution is -2.44. The molecule has 0 radical (unpaired) electrons. The van der Waals surface area contributed by atoms with Crippen LogP contribution in [0.5, 0.6) is 0 Å². The van der Waals surface area contributed by atoms with Crippen molar-refractivity contribution in [2.75, 3.05) is 53.0 Å². The molecular formula is C20H34ClN5O2. The van der Waals surface area contributed by atoms with E-state index < -0.39 is 0 Å². The maximum absolute atomic E-state index is 11.9. The van der Waals surface area contributed by atoms with Gasteiger partial charge in [-0.1, -0.05) is 43.6 Å². The number of amides is 1. The molecule has 0 aliphatic rings. The minimum Gasteiger partial charge on any atom is -0.383 e. The Kier molecular flexibility index (Phi) is 12.3. The molecule has 3 N–H and O–H groups in total. The number of methoxy groups -OCH3 is 1. The number of halogens is 1. The SMILES string of the molecule is CCNC(=NCC(=O)NCCOC)NCC(c1ccccc1Cl)N(CC)CC. The minimum atomic E-state index is -0.138. The van der Waals surface area contributed by atoms with Crippen molar-refractivity contribution < 1.29 is 9.53 Å². The summed E-state index contributed by atoms with van der Waals surface area (Å²) < 4.78 is 4.93. The molecule has 0 saturated carbocycles. The normalized spacial score (nSPS) is 12.7. The molecule has 1 amide bonds. The number of aliphatic imine (C=N–C) groups is 1. The lowest BCUT2D eigenvalue weighted by molar-refractivity contribution is -0.119. The summed E-state index contributed by atoms with van der Waals surface area (Å²) in [5.74, 6) is 0.467. The molecule has 0 heterocycles. The highest BCUT2D eigenvalue weighted by atomic mass is 35.5. The second-order valence-corrected chi connectivity index (χ2v) is 6.58. The summed E-state index contributed by atoms with van der Waals surface area (Å²) in [7, 11) is 1.60. The first-order chi connectivity index (χ1) is 13.6. The number of carbonyl (C=O) groups excluding carboxylic acids is 1. The first kappa shape index (κ1) is 24.2. The number of nitrogens with zero attached hydrogens (tertiary/aromatic N) is 2. The molecular weight excluding hydrogens is 378 g/mol. The summed E-state index contributed by atoms with van der Waals surface area (Å²) in [6, 6.07) is 8.01. The molecule has 0 spiro atoms. The van der Waals surface area contributed by atoms with Gasteiger partial charge in [0, 0.05) is 31.8 Å². The third-order valence-corrected chi connectivity index (χ3v) is 4.68. The quantitative estimate of drug-likeness (QED) is 0.279. The van der Waals surface area contributed by atoms with E-state index >= 15 is 0 Å². The van der Waals surface area contributed by atoms with E-state index in [0.717, 1.165) is 23.7 Å². The van der Waals surface area contributed by atoms with E-state index in [-0.39, 0.29) is 18.5 Å². The number of rotatable bonds is 12. The van der Waals surface area contributed by atoms with Crippen LogP contribution >= 0.6 is 11.6 Å². The molecule has 0 aromatic heterocycles. The molecule has 0 saturated heterocycles. The van der Waals surface area contributed by atoms with Crippen molar-refractivity contribution in [1.82, 2.24) is 20.9 Å². The Morgan fingerprint density at radius 1 is 1.18 bits per heavy atom. The second kappa shape index (κ2) is 14.2. The van der Waals surface area contributed by atoms with E-state index in [9.17, 15) is 4.79 Å². The van der Waals surface area contributed by atoms with Gasteiger partial charge in [0.05, 0.1) is 12.6 Å². The van der Waals surface area contributed by atoms with Crippen molar-refractivity contribution in [3.63, 3.8) is 0 Å². The van der Waals surface area contributed by atoms with Crippen LogP contribution in [0.15, 0.2) is 29.3 Å². The largest absolute Gasteiger partial charge is 0.383 e. The molecule has 0 bridgehead atoms. The van der Waals surface area contributed by atoms with Gasteiger partial charge in [-0.15, -0.1) is 0 Å². The Labute approximate surface area is 173 Å². The van der Waals surface area contributed by atoms with Crippen LogP contribution in [0.25, 0.3) is 0 Å². The predicted octanol–water partition coefficient (Wildman–Crippen LogP) is 2.04. The van der Waals surface area contributed by atoms with Gasteiger partial charge in [-0.2, -0.15) is 0 Å². The summed E-state index contributed by atoms with van der Waals surface area (Å²) in [6.45, 7) is 10.4. The summed E-state index contributed by atoms with van der Waals surface area (Å²) in [5, 5.41) is 10.1. The van der Waals surface area contributed by atoms with Crippen LogP contribution in [0.4, 0.5) is 0 Å². The molecule has 1 unspecified atom stereocenters. The number of carbonyl (C=O) groups is 1. The van der Waals surface area contributed by atoms with Crippen LogP contribution in [0.1, 0.15) is 32.4 Å². The number of hydrogen-bond donors (Lipinski definition) is 3. The van der Waals surface area contributed by atoms with E-state index in [0.29, 0.717) is 32.2 Å². The first-order valence-corrected chi connectivity index (χ1v) is 10.2. The van der Waals surface area contributed by atoms with E-state index in [1.807, 2.05) is 25.1 Å². The van der Waals surface area contributed by atoms with Gasteiger partial charge < -0.3 is 20.7 Å². The highest BCUT2D eigenvalue weighted by molar-refractivity contribution is 6.31. The fourth-order valence-electron chi connectivity index (χ4n) is 2.88. The zero-order chi connectivity index (χ0) is 20.8. The molecule has 0 aliphatic carbocycles. The third kappa shape index (κ3) is 8.46. The Bertz CT molecular complexity index is 608. The van der Waals surface area contributed by atoms with Gasteiger partial charge in [-0.3, -0.25) is 9.69 Å². The molecule has 1 rings (SSSR count). The maximum Gasteiger partial charge on any atom is 0.241 e. The van der Waals surface area contributed by atoms with Crippen LogP contribution in [0.3, 0.4) is 0 Å². The fourth-order valence-corrected chi connectivity index (χ4v) is 3.14. The minimum absolute atomic E-state index is 0.0566. The molecule has 0 aliphatic heterocycles. The van der Waals surface area contributed by atoms with Gasteiger partial charge >= 0.3 is 0 Å². The van der Waals surface area contributed by atoms with Gasteiger partial charge in [0.1, 0.15) is 6.54 Å². The number of benzene rings is 1. The van der Waals surface area contributed by atoms with E-state index in [4.69, 9.17) is 16.3 Å². The summed E-state index contributed by atoms with van der Waals surface area (Å²) in [5.41, 5.74) is 1.08. The van der Waals surface area contributed by atoms with Crippen molar-refractivity contribution in [2.45, 2.75) is 26.8 Å². The fraction of sp³-hybridized carbons (Fsp3) is 0.600. The Morgan fingerprint density at radius 2 is 1.89 bits per heavy atom. The van der Waals surface area contributed by atoms with Crippen molar-refractivity contribution in [2.24, 2.45) is 4.99 Å². The zero-order valence-corrected chi connectivity index (χ0v) is 18.2. The lowest BCUT2D eigenvalue weighted by Gasteiger charge is -2.31. The van der Waals surface area contributed by atoms with E-state index in [1.165, 1.54) is 0 Å². The van der Waals surface area contributed by atoms with Crippen LogP contribution in [0.2, 0.25) is 5.02 Å². The van der Waals surface area contributed by atoms with E-state index in [1.54, 1.807) is 7.11 Å². The molecule has 8 heteroatoms. The first-order valence-electron chi connectivity index (χ1n) is 9.83. The van der Waals surface area contributed by atoms with Gasteiger partial charge in [0.15, 0.2) is 5.96 Å². The van der Waals surface area contributed by atoms with Crippen molar-refractivity contribution in [3.8, 4) is 0 Å². The zero-order valence-electron chi connectivity index (χ0n) is 17.4. The van der Waals surface area contributed by atoms with Gasteiger partial charge in [-0.25, -0.2) is 4.99 Å². The maximum atomic E-state index is 11.9. The third-order valence-electron chi connectivity index (χ3n) is 4.33. The molecule has 1 atom stereocenters. The topological polar surface area (TPSA) is 78.0 Å². The van der Waals surface area contributed by atoms with Crippen LogP contribution in [-0.2, 0) is 9.53 Å². The lowest BCUT2D eigenvalue weighted by atomic mass is 10.0. The average Bonchev–Trinajstić information content (AvgIpc) is 2.70. The summed E-state index contributed by atoms with van der Waals surface area (Å²) in [4.78, 5) is 18.6. The standard InChI is InChI=1S/C20H34ClN5O2/c1-5-22-20(25-15-19(27)23-12-13-28-4)24-14-18(26(6-2)7-3)16-10-8-9-11-17(16)21/h8-11,18H,5-7,12-15H2,1-4H3,(H,23,27)(H2,22,24,25). The number of hydrogen-bond acceptors (Lipinski definition) is 4. The van der Waals surface area contributed by atoms with Gasteiger partial charge in [0.25, 0.3) is 0 Å². The van der Waals surface area contributed by atoms with Gasteiger partial charge in [-0.05, 0) is 31.6 Å². The second-order valence-electron chi connectivity index (χ2n) is 6.18.